The van der Waals surface area contributed by atoms with E-state index in [0.29, 0.717) is 17.3 Å². The molecule has 4 aromatic rings. The van der Waals surface area contributed by atoms with Gasteiger partial charge in [0.25, 0.3) is 0 Å². The number of esters is 1. The van der Waals surface area contributed by atoms with Crippen LogP contribution in [0.15, 0.2) is 63.8 Å². The fourth-order valence-corrected chi connectivity index (χ4v) is 3.80. The van der Waals surface area contributed by atoms with Gasteiger partial charge >= 0.3 is 5.97 Å². The molecule has 4 rings (SSSR count). The van der Waals surface area contributed by atoms with Crippen molar-refractivity contribution in [3.8, 4) is 21.2 Å². The first-order valence-electron chi connectivity index (χ1n) is 7.46. The lowest BCUT2D eigenvalue weighted by atomic mass is 10.2. The Labute approximate surface area is 151 Å². The number of nitrogens with zero attached hydrogens (tertiary/aromatic N) is 2. The maximum absolute atomic E-state index is 12.1. The van der Waals surface area contributed by atoms with E-state index in [2.05, 4.69) is 9.97 Å². The number of carbonyl (C=O) groups is 1. The Morgan fingerprint density at radius 3 is 2.80 bits per heavy atom. The molecule has 0 aliphatic heterocycles. The Bertz CT molecular complexity index is 975. The highest BCUT2D eigenvalue weighted by Crippen LogP contribution is 2.28. The molecule has 5 nitrogen and oxygen atoms in total. The molecule has 0 unspecified atom stereocenters. The van der Waals surface area contributed by atoms with Gasteiger partial charge in [-0.05, 0) is 11.4 Å². The van der Waals surface area contributed by atoms with Crippen LogP contribution in [0.3, 0.4) is 0 Å². The summed E-state index contributed by atoms with van der Waals surface area (Å²) in [5, 5.41) is 4.48. The Balaban J connectivity index is 1.40. The predicted molar refractivity (Wildman–Crippen MR) is 96.5 cm³/mol. The third kappa shape index (κ3) is 3.52. The van der Waals surface area contributed by atoms with Crippen molar-refractivity contribution in [3.63, 3.8) is 0 Å². The number of hydrogen-bond acceptors (Lipinski definition) is 7. The van der Waals surface area contributed by atoms with Gasteiger partial charge in [0.1, 0.15) is 5.01 Å². The molecule has 0 spiro atoms. The lowest BCUT2D eigenvalue weighted by Gasteiger charge is -1.99. The normalized spacial score (nSPS) is 10.7. The van der Waals surface area contributed by atoms with Gasteiger partial charge in [-0.1, -0.05) is 36.4 Å². The van der Waals surface area contributed by atoms with E-state index in [9.17, 15) is 4.79 Å². The highest BCUT2D eigenvalue weighted by molar-refractivity contribution is 7.20. The molecule has 0 saturated carbocycles. The minimum atomic E-state index is -0.487. The van der Waals surface area contributed by atoms with Gasteiger partial charge in [-0.25, -0.2) is 14.8 Å². The van der Waals surface area contributed by atoms with Gasteiger partial charge in [0.2, 0.25) is 5.89 Å². The zero-order chi connectivity index (χ0) is 17.1. The van der Waals surface area contributed by atoms with Gasteiger partial charge < -0.3 is 9.15 Å². The van der Waals surface area contributed by atoms with Gasteiger partial charge in [-0.15, -0.1) is 22.7 Å². The second-order valence-electron chi connectivity index (χ2n) is 5.08. The molecular weight excluding hydrogens is 356 g/mol. The summed E-state index contributed by atoms with van der Waals surface area (Å²) in [4.78, 5) is 21.6. The summed E-state index contributed by atoms with van der Waals surface area (Å²) in [6, 6.07) is 13.6. The molecule has 0 amide bonds. The van der Waals surface area contributed by atoms with Crippen LogP contribution >= 0.6 is 22.7 Å². The first-order valence-corrected chi connectivity index (χ1v) is 9.22. The first kappa shape index (κ1) is 15.7. The average molecular weight is 368 g/mol. The molecule has 0 saturated heterocycles. The number of thiazole rings is 1. The summed E-state index contributed by atoms with van der Waals surface area (Å²) in [6.07, 6.45) is 1.62. The number of oxazole rings is 1. The van der Waals surface area contributed by atoms with E-state index >= 15 is 0 Å². The van der Waals surface area contributed by atoms with Crippen molar-refractivity contribution in [2.45, 2.75) is 6.61 Å². The second-order valence-corrected chi connectivity index (χ2v) is 6.88. The molecular formula is C18H12N2O3S2. The number of aromatic nitrogens is 2. The molecule has 0 aliphatic rings. The van der Waals surface area contributed by atoms with E-state index in [1.54, 1.807) is 22.9 Å². The summed E-state index contributed by atoms with van der Waals surface area (Å²) < 4.78 is 10.9. The Morgan fingerprint density at radius 1 is 1.12 bits per heavy atom. The van der Waals surface area contributed by atoms with Gasteiger partial charge in [0.15, 0.2) is 18.1 Å². The standard InChI is InChI=1S/C18H12N2O3S2/c21-18(13-11-25-17(20-13)15-7-4-8-24-15)22-10-16-19-9-14(23-16)12-5-2-1-3-6-12/h1-9,11H,10H2. The van der Waals surface area contributed by atoms with Gasteiger partial charge in [-0.3, -0.25) is 0 Å². The fraction of sp³-hybridized carbons (Fsp3) is 0.0556. The maximum Gasteiger partial charge on any atom is 0.358 e. The number of rotatable bonds is 5. The van der Waals surface area contributed by atoms with Crippen LogP contribution in [-0.2, 0) is 11.3 Å². The second kappa shape index (κ2) is 7.00. The summed E-state index contributed by atoms with van der Waals surface area (Å²) in [7, 11) is 0. The molecule has 0 bridgehead atoms. The first-order chi connectivity index (χ1) is 12.3. The number of benzene rings is 1. The summed E-state index contributed by atoms with van der Waals surface area (Å²) >= 11 is 3.00. The number of thiophene rings is 1. The zero-order valence-corrected chi connectivity index (χ0v) is 14.5. The van der Waals surface area contributed by atoms with Crippen molar-refractivity contribution < 1.29 is 13.9 Å². The Morgan fingerprint density at radius 2 is 2.00 bits per heavy atom. The molecule has 0 N–H and O–H groups in total. The van der Waals surface area contributed by atoms with Crippen LogP contribution in [-0.4, -0.2) is 15.9 Å². The maximum atomic E-state index is 12.1. The van der Waals surface area contributed by atoms with Gasteiger partial charge in [0, 0.05) is 10.9 Å². The highest BCUT2D eigenvalue weighted by atomic mass is 32.1. The van der Waals surface area contributed by atoms with Gasteiger partial charge in [0.05, 0.1) is 11.1 Å². The predicted octanol–water partition coefficient (Wildman–Crippen LogP) is 4.88. The molecule has 0 radical (unpaired) electrons. The lowest BCUT2D eigenvalue weighted by molar-refractivity contribution is 0.0433. The Hall–Kier alpha value is -2.77. The van der Waals surface area contributed by atoms with Gasteiger partial charge in [-0.2, -0.15) is 0 Å². The number of ether oxygens (including phenoxy) is 1. The van der Waals surface area contributed by atoms with Crippen molar-refractivity contribution >= 4 is 28.6 Å². The van der Waals surface area contributed by atoms with E-state index in [1.165, 1.54) is 11.3 Å². The van der Waals surface area contributed by atoms with E-state index in [1.807, 2.05) is 47.8 Å². The molecule has 0 atom stereocenters. The summed E-state index contributed by atoms with van der Waals surface area (Å²) in [5.41, 5.74) is 1.22. The molecule has 3 aromatic heterocycles. The molecule has 3 heterocycles. The van der Waals surface area contributed by atoms with Crippen molar-refractivity contribution in [2.24, 2.45) is 0 Å². The average Bonchev–Trinajstić information content (AvgIpc) is 3.41. The largest absolute Gasteiger partial charge is 0.451 e. The van der Waals surface area contributed by atoms with Crippen LogP contribution in [0, 0.1) is 0 Å². The van der Waals surface area contributed by atoms with E-state index in [0.717, 1.165) is 15.4 Å². The van der Waals surface area contributed by atoms with Crippen LogP contribution in [0.5, 0.6) is 0 Å². The third-order valence-corrected chi connectivity index (χ3v) is 5.27. The Kier molecular flexibility index (Phi) is 4.41. The quantitative estimate of drug-likeness (QED) is 0.470. The lowest BCUT2D eigenvalue weighted by Crippen LogP contribution is -2.05. The number of hydrogen-bond donors (Lipinski definition) is 0. The van der Waals surface area contributed by atoms with Crippen LogP contribution < -0.4 is 0 Å². The minimum absolute atomic E-state index is 0.0302. The smallest absolute Gasteiger partial charge is 0.358 e. The van der Waals surface area contributed by atoms with Crippen LogP contribution in [0.2, 0.25) is 0 Å². The molecule has 7 heteroatoms. The molecule has 0 aliphatic carbocycles. The zero-order valence-electron chi connectivity index (χ0n) is 12.9. The van der Waals surface area contributed by atoms with Crippen LogP contribution in [0.4, 0.5) is 0 Å². The number of carbonyl (C=O) groups excluding carboxylic acids is 1. The van der Waals surface area contributed by atoms with E-state index in [-0.39, 0.29) is 6.61 Å². The topological polar surface area (TPSA) is 65.2 Å². The molecule has 1 aromatic carbocycles. The van der Waals surface area contributed by atoms with Crippen molar-refractivity contribution in [3.05, 3.63) is 71.0 Å². The van der Waals surface area contributed by atoms with Crippen LogP contribution in [0.1, 0.15) is 16.4 Å². The van der Waals surface area contributed by atoms with E-state index < -0.39 is 5.97 Å². The molecule has 0 fully saturated rings. The molecule has 124 valence electrons. The van der Waals surface area contributed by atoms with Crippen molar-refractivity contribution in [2.75, 3.05) is 0 Å². The summed E-state index contributed by atoms with van der Waals surface area (Å²) in [5.74, 6) is 0.500. The molecule has 25 heavy (non-hydrogen) atoms. The fourth-order valence-electron chi connectivity index (χ4n) is 2.20. The highest BCUT2D eigenvalue weighted by Gasteiger charge is 2.15. The minimum Gasteiger partial charge on any atom is -0.451 e. The van der Waals surface area contributed by atoms with Crippen LogP contribution in [0.25, 0.3) is 21.2 Å². The monoisotopic (exact) mass is 368 g/mol. The van der Waals surface area contributed by atoms with Crippen molar-refractivity contribution in [1.82, 2.24) is 9.97 Å². The third-order valence-electron chi connectivity index (χ3n) is 3.38. The SMILES string of the molecule is O=C(OCc1ncc(-c2ccccc2)o1)c1csc(-c2cccs2)n1. The van der Waals surface area contributed by atoms with E-state index in [4.69, 9.17) is 9.15 Å². The summed E-state index contributed by atoms with van der Waals surface area (Å²) in [6.45, 7) is -0.0302. The van der Waals surface area contributed by atoms with Crippen molar-refractivity contribution in [1.29, 1.82) is 0 Å².